The minimum absolute atomic E-state index is 0.0507. The second-order valence-electron chi connectivity index (χ2n) is 2.49. The molecule has 1 rings (SSSR count). The van der Waals surface area contributed by atoms with E-state index in [9.17, 15) is 0 Å². The maximum Gasteiger partial charge on any atom is 0.187 e. The molecule has 0 aliphatic rings. The highest BCUT2D eigenvalue weighted by molar-refractivity contribution is 5.45. The lowest BCUT2D eigenvalue weighted by Crippen LogP contribution is -2.03. The molecule has 0 fully saturated rings. The molecule has 0 unspecified atom stereocenters. The summed E-state index contributed by atoms with van der Waals surface area (Å²) in [4.78, 5) is 3.28. The maximum atomic E-state index is 6.72. The van der Waals surface area contributed by atoms with Crippen molar-refractivity contribution in [2.75, 3.05) is 0 Å². The molecule has 11 heavy (non-hydrogen) atoms. The van der Waals surface area contributed by atoms with E-state index in [1.807, 2.05) is 19.1 Å². The zero-order valence-corrected chi connectivity index (χ0v) is 6.41. The van der Waals surface area contributed by atoms with Crippen LogP contribution in [0.5, 0.6) is 0 Å². The van der Waals surface area contributed by atoms with Crippen molar-refractivity contribution in [2.24, 2.45) is 5.73 Å². The molecule has 2 nitrogen and oxygen atoms in total. The van der Waals surface area contributed by atoms with Crippen LogP contribution >= 0.6 is 0 Å². The molecule has 0 amide bonds. The van der Waals surface area contributed by atoms with Gasteiger partial charge < -0.3 is 5.73 Å². The van der Waals surface area contributed by atoms with Crippen LogP contribution in [0.25, 0.3) is 4.85 Å². The Morgan fingerprint density at radius 1 is 1.36 bits per heavy atom. The molecule has 1 aromatic carbocycles. The first-order chi connectivity index (χ1) is 5.24. The van der Waals surface area contributed by atoms with Crippen LogP contribution in [0.3, 0.4) is 0 Å². The summed E-state index contributed by atoms with van der Waals surface area (Å²) in [6.07, 6.45) is 0. The van der Waals surface area contributed by atoms with Crippen LogP contribution in [0.2, 0.25) is 0 Å². The van der Waals surface area contributed by atoms with Gasteiger partial charge in [0.05, 0.1) is 6.57 Å². The third-order valence-corrected chi connectivity index (χ3v) is 1.55. The van der Waals surface area contributed by atoms with E-state index >= 15 is 0 Å². The molecule has 1 atom stereocenters. The van der Waals surface area contributed by atoms with Crippen LogP contribution in [0.15, 0.2) is 24.3 Å². The van der Waals surface area contributed by atoms with Crippen molar-refractivity contribution in [3.8, 4) is 0 Å². The molecule has 1 aromatic rings. The zero-order valence-electron chi connectivity index (χ0n) is 6.41. The van der Waals surface area contributed by atoms with Crippen molar-refractivity contribution in [2.45, 2.75) is 13.0 Å². The number of benzene rings is 1. The molecule has 0 saturated carbocycles. The fourth-order valence-electron chi connectivity index (χ4n) is 0.852. The minimum Gasteiger partial charge on any atom is -0.324 e. The topological polar surface area (TPSA) is 30.4 Å². The Hall–Kier alpha value is -1.33. The lowest BCUT2D eigenvalue weighted by atomic mass is 10.1. The van der Waals surface area contributed by atoms with E-state index in [1.165, 1.54) is 0 Å². The van der Waals surface area contributed by atoms with Gasteiger partial charge in [-0.05, 0) is 12.5 Å². The highest BCUT2D eigenvalue weighted by Gasteiger charge is 1.97. The van der Waals surface area contributed by atoms with Crippen molar-refractivity contribution < 1.29 is 0 Å². The largest absolute Gasteiger partial charge is 0.324 e. The van der Waals surface area contributed by atoms with E-state index < -0.39 is 0 Å². The third kappa shape index (κ3) is 1.79. The average Bonchev–Trinajstić information content (AvgIpc) is 2.05. The predicted molar refractivity (Wildman–Crippen MR) is 45.3 cm³/mol. The van der Waals surface area contributed by atoms with Gasteiger partial charge in [0, 0.05) is 6.04 Å². The van der Waals surface area contributed by atoms with Gasteiger partial charge >= 0.3 is 0 Å². The zero-order chi connectivity index (χ0) is 8.27. The van der Waals surface area contributed by atoms with E-state index in [1.54, 1.807) is 12.1 Å². The molecular weight excluding hydrogens is 136 g/mol. The van der Waals surface area contributed by atoms with Gasteiger partial charge in [0.25, 0.3) is 0 Å². The second-order valence-corrected chi connectivity index (χ2v) is 2.49. The lowest BCUT2D eigenvalue weighted by Gasteiger charge is -2.03. The molecule has 0 saturated heterocycles. The maximum absolute atomic E-state index is 6.72. The van der Waals surface area contributed by atoms with E-state index in [0.717, 1.165) is 5.56 Å². The van der Waals surface area contributed by atoms with Crippen LogP contribution in [-0.2, 0) is 0 Å². The number of rotatable bonds is 1. The molecule has 0 radical (unpaired) electrons. The summed E-state index contributed by atoms with van der Waals surface area (Å²) >= 11 is 0. The van der Waals surface area contributed by atoms with Gasteiger partial charge in [-0.25, -0.2) is 4.85 Å². The summed E-state index contributed by atoms with van der Waals surface area (Å²) in [6.45, 7) is 8.64. The summed E-state index contributed by atoms with van der Waals surface area (Å²) in [7, 11) is 0. The lowest BCUT2D eigenvalue weighted by molar-refractivity contribution is 0.818. The van der Waals surface area contributed by atoms with E-state index in [-0.39, 0.29) is 6.04 Å². The first kappa shape index (κ1) is 7.77. The van der Waals surface area contributed by atoms with Gasteiger partial charge in [0.1, 0.15) is 0 Å². The Balaban J connectivity index is 2.94. The number of hydrogen-bond donors (Lipinski definition) is 1. The van der Waals surface area contributed by atoms with E-state index in [2.05, 4.69) is 4.85 Å². The van der Waals surface area contributed by atoms with Gasteiger partial charge in [-0.2, -0.15) is 0 Å². The third-order valence-electron chi connectivity index (χ3n) is 1.55. The SMILES string of the molecule is [C-]#[N+]c1ccc([C@H](C)N)cc1. The fraction of sp³-hybridized carbons (Fsp3) is 0.222. The summed E-state index contributed by atoms with van der Waals surface area (Å²) in [6, 6.07) is 7.39. The van der Waals surface area contributed by atoms with Gasteiger partial charge in [0.2, 0.25) is 0 Å². The van der Waals surface area contributed by atoms with Crippen molar-refractivity contribution >= 4 is 5.69 Å². The highest BCUT2D eigenvalue weighted by Crippen LogP contribution is 2.15. The van der Waals surface area contributed by atoms with Crippen LogP contribution < -0.4 is 5.73 Å². The molecular formula is C9H10N2. The number of nitrogens with zero attached hydrogens (tertiary/aromatic N) is 1. The molecule has 0 bridgehead atoms. The number of nitrogens with two attached hydrogens (primary N) is 1. The van der Waals surface area contributed by atoms with Crippen LogP contribution in [0.4, 0.5) is 5.69 Å². The molecule has 0 spiro atoms. The van der Waals surface area contributed by atoms with Crippen molar-refractivity contribution in [1.82, 2.24) is 0 Å². The molecule has 2 N–H and O–H groups in total. The summed E-state index contributed by atoms with van der Waals surface area (Å²) in [5, 5.41) is 0. The van der Waals surface area contributed by atoms with Crippen molar-refractivity contribution in [3.05, 3.63) is 41.2 Å². The molecule has 56 valence electrons. The predicted octanol–water partition coefficient (Wildman–Crippen LogP) is 2.26. The Morgan fingerprint density at radius 2 is 1.91 bits per heavy atom. The monoisotopic (exact) mass is 146 g/mol. The minimum atomic E-state index is 0.0507. The summed E-state index contributed by atoms with van der Waals surface area (Å²) < 4.78 is 0. The normalized spacial score (nSPS) is 12.1. The Bertz CT molecular complexity index is 267. The number of hydrogen-bond acceptors (Lipinski definition) is 1. The highest BCUT2D eigenvalue weighted by atomic mass is 14.6. The summed E-state index contributed by atoms with van der Waals surface area (Å²) in [5.74, 6) is 0. The molecule has 0 aliphatic heterocycles. The van der Waals surface area contributed by atoms with Crippen LogP contribution in [0.1, 0.15) is 18.5 Å². The Kier molecular flexibility index (Phi) is 2.25. The first-order valence-electron chi connectivity index (χ1n) is 3.47. The Morgan fingerprint density at radius 3 is 2.27 bits per heavy atom. The van der Waals surface area contributed by atoms with Crippen LogP contribution in [0, 0.1) is 6.57 Å². The molecule has 0 heterocycles. The fourth-order valence-corrected chi connectivity index (χ4v) is 0.852. The average molecular weight is 146 g/mol. The standard InChI is InChI=1S/C9H10N2/c1-7(10)8-3-5-9(11-2)6-4-8/h3-7H,10H2,1H3/t7-/m0/s1. The first-order valence-corrected chi connectivity index (χ1v) is 3.47. The van der Waals surface area contributed by atoms with Gasteiger partial charge in [-0.15, -0.1) is 0 Å². The molecule has 0 aliphatic carbocycles. The van der Waals surface area contributed by atoms with Crippen LogP contribution in [-0.4, -0.2) is 0 Å². The summed E-state index contributed by atoms with van der Waals surface area (Å²) in [5.41, 5.74) is 7.36. The van der Waals surface area contributed by atoms with E-state index in [4.69, 9.17) is 12.3 Å². The molecule has 2 heteroatoms. The van der Waals surface area contributed by atoms with Crippen molar-refractivity contribution in [3.63, 3.8) is 0 Å². The Labute approximate surface area is 66.5 Å². The van der Waals surface area contributed by atoms with Gasteiger partial charge in [0.15, 0.2) is 5.69 Å². The van der Waals surface area contributed by atoms with E-state index in [0.29, 0.717) is 5.69 Å². The van der Waals surface area contributed by atoms with Crippen molar-refractivity contribution in [1.29, 1.82) is 0 Å². The smallest absolute Gasteiger partial charge is 0.187 e. The second kappa shape index (κ2) is 3.18. The van der Waals surface area contributed by atoms with Gasteiger partial charge in [-0.3, -0.25) is 0 Å². The van der Waals surface area contributed by atoms with Gasteiger partial charge in [-0.1, -0.05) is 24.3 Å². The molecule has 0 aromatic heterocycles. The quantitative estimate of drug-likeness (QED) is 0.605.